The van der Waals surface area contributed by atoms with Crippen molar-refractivity contribution in [1.82, 2.24) is 0 Å². The van der Waals surface area contributed by atoms with Gasteiger partial charge in [0, 0.05) is 4.47 Å². The van der Waals surface area contributed by atoms with Crippen LogP contribution in [0.5, 0.6) is 0 Å². The summed E-state index contributed by atoms with van der Waals surface area (Å²) in [7, 11) is 0. The minimum atomic E-state index is -0.207. The van der Waals surface area contributed by atoms with Crippen molar-refractivity contribution < 1.29 is 4.39 Å². The molecule has 0 saturated carbocycles. The summed E-state index contributed by atoms with van der Waals surface area (Å²) in [5.74, 6) is -0.207. The van der Waals surface area contributed by atoms with Gasteiger partial charge in [-0.15, -0.1) is 0 Å². The van der Waals surface area contributed by atoms with Gasteiger partial charge in [-0.1, -0.05) is 28.1 Å². The summed E-state index contributed by atoms with van der Waals surface area (Å²) in [6.45, 7) is 0.656. The number of benzene rings is 1. The van der Waals surface area contributed by atoms with Crippen LogP contribution < -0.4 is 5.73 Å². The Kier molecular flexibility index (Phi) is 4.84. The lowest BCUT2D eigenvalue weighted by Gasteiger charge is -1.98. The molecular weight excluding hydrogens is 245 g/mol. The molecule has 1 aromatic rings. The van der Waals surface area contributed by atoms with Gasteiger partial charge in [0.25, 0.3) is 0 Å². The van der Waals surface area contributed by atoms with Gasteiger partial charge < -0.3 is 5.73 Å². The van der Waals surface area contributed by atoms with E-state index in [0.29, 0.717) is 6.54 Å². The zero-order valence-corrected chi connectivity index (χ0v) is 9.43. The molecule has 0 atom stereocenters. The maximum atomic E-state index is 12.9. The first-order chi connectivity index (χ1) is 6.72. The van der Waals surface area contributed by atoms with Gasteiger partial charge in [0.05, 0.1) is 0 Å². The van der Waals surface area contributed by atoms with Crippen LogP contribution in [-0.4, -0.2) is 6.54 Å². The van der Waals surface area contributed by atoms with Crippen LogP contribution in [0.1, 0.15) is 12.0 Å². The second kappa shape index (κ2) is 5.94. The lowest BCUT2D eigenvalue weighted by atomic mass is 10.1. The SMILES string of the molecule is NCCC=CCc1cc(F)cc(Br)c1. The summed E-state index contributed by atoms with van der Waals surface area (Å²) >= 11 is 3.25. The highest BCUT2D eigenvalue weighted by Gasteiger charge is 1.96. The highest BCUT2D eigenvalue weighted by molar-refractivity contribution is 9.10. The molecule has 0 aliphatic rings. The van der Waals surface area contributed by atoms with Crippen LogP contribution >= 0.6 is 15.9 Å². The molecule has 0 bridgehead atoms. The van der Waals surface area contributed by atoms with E-state index in [0.717, 1.165) is 22.9 Å². The van der Waals surface area contributed by atoms with Crippen molar-refractivity contribution in [3.63, 3.8) is 0 Å². The molecule has 3 heteroatoms. The Morgan fingerprint density at radius 1 is 1.29 bits per heavy atom. The smallest absolute Gasteiger partial charge is 0.124 e. The van der Waals surface area contributed by atoms with Gasteiger partial charge >= 0.3 is 0 Å². The summed E-state index contributed by atoms with van der Waals surface area (Å²) in [6.07, 6.45) is 5.64. The largest absolute Gasteiger partial charge is 0.330 e. The number of allylic oxidation sites excluding steroid dienone is 1. The van der Waals surface area contributed by atoms with E-state index in [-0.39, 0.29) is 5.82 Å². The fraction of sp³-hybridized carbons (Fsp3) is 0.273. The van der Waals surface area contributed by atoms with Crippen LogP contribution in [0.2, 0.25) is 0 Å². The molecule has 0 aromatic heterocycles. The molecule has 1 aromatic carbocycles. The average Bonchev–Trinajstić information content (AvgIpc) is 2.11. The average molecular weight is 258 g/mol. The first-order valence-corrected chi connectivity index (χ1v) is 5.31. The number of nitrogens with two attached hydrogens (primary N) is 1. The van der Waals surface area contributed by atoms with Crippen molar-refractivity contribution in [2.45, 2.75) is 12.8 Å². The molecule has 76 valence electrons. The molecule has 0 aliphatic carbocycles. The van der Waals surface area contributed by atoms with E-state index in [1.165, 1.54) is 12.1 Å². The molecule has 1 nitrogen and oxygen atoms in total. The molecule has 0 spiro atoms. The Morgan fingerprint density at radius 3 is 2.71 bits per heavy atom. The monoisotopic (exact) mass is 257 g/mol. The number of hydrogen-bond acceptors (Lipinski definition) is 1. The van der Waals surface area contributed by atoms with E-state index < -0.39 is 0 Å². The van der Waals surface area contributed by atoms with Crippen LogP contribution in [0.4, 0.5) is 4.39 Å². The third-order valence-corrected chi connectivity index (χ3v) is 2.23. The quantitative estimate of drug-likeness (QED) is 0.825. The highest BCUT2D eigenvalue weighted by Crippen LogP contribution is 2.15. The van der Waals surface area contributed by atoms with Crippen LogP contribution in [-0.2, 0) is 6.42 Å². The molecule has 0 aliphatic heterocycles. The molecule has 0 unspecified atom stereocenters. The van der Waals surface area contributed by atoms with Gasteiger partial charge in [-0.3, -0.25) is 0 Å². The zero-order chi connectivity index (χ0) is 10.4. The lowest BCUT2D eigenvalue weighted by molar-refractivity contribution is 0.625. The normalized spacial score (nSPS) is 11.1. The molecule has 0 fully saturated rings. The Balaban J connectivity index is 2.58. The van der Waals surface area contributed by atoms with Crippen molar-refractivity contribution in [2.75, 3.05) is 6.54 Å². The van der Waals surface area contributed by atoms with Crippen molar-refractivity contribution in [2.24, 2.45) is 5.73 Å². The van der Waals surface area contributed by atoms with E-state index >= 15 is 0 Å². The Labute approximate surface area is 91.9 Å². The Morgan fingerprint density at radius 2 is 2.07 bits per heavy atom. The molecule has 2 N–H and O–H groups in total. The molecule has 1 rings (SSSR count). The van der Waals surface area contributed by atoms with E-state index in [1.54, 1.807) is 0 Å². The molecular formula is C11H13BrFN. The summed E-state index contributed by atoms with van der Waals surface area (Å²) in [4.78, 5) is 0. The summed E-state index contributed by atoms with van der Waals surface area (Å²) in [6, 6.07) is 4.90. The third kappa shape index (κ3) is 4.03. The summed E-state index contributed by atoms with van der Waals surface area (Å²) in [5.41, 5.74) is 6.30. The Bertz CT molecular complexity index is 303. The van der Waals surface area contributed by atoms with Gasteiger partial charge in [-0.25, -0.2) is 4.39 Å². The standard InChI is InChI=1S/C11H13BrFN/c12-10-6-9(7-11(13)8-10)4-2-1-3-5-14/h1-2,6-8H,3-5,14H2. The number of halogens is 2. The van der Waals surface area contributed by atoms with E-state index in [1.807, 2.05) is 18.2 Å². The Hall–Kier alpha value is -0.670. The van der Waals surface area contributed by atoms with Crippen molar-refractivity contribution in [3.05, 3.63) is 46.2 Å². The van der Waals surface area contributed by atoms with E-state index in [4.69, 9.17) is 5.73 Å². The highest BCUT2D eigenvalue weighted by atomic mass is 79.9. The molecule has 14 heavy (non-hydrogen) atoms. The molecule has 0 amide bonds. The lowest BCUT2D eigenvalue weighted by Crippen LogP contribution is -1.95. The first-order valence-electron chi connectivity index (χ1n) is 4.52. The minimum Gasteiger partial charge on any atom is -0.330 e. The summed E-state index contributed by atoms with van der Waals surface area (Å²) in [5, 5.41) is 0. The van der Waals surface area contributed by atoms with Crippen LogP contribution in [0.15, 0.2) is 34.8 Å². The maximum absolute atomic E-state index is 12.9. The van der Waals surface area contributed by atoms with Crippen LogP contribution in [0, 0.1) is 5.82 Å². The number of hydrogen-bond donors (Lipinski definition) is 1. The zero-order valence-electron chi connectivity index (χ0n) is 7.84. The van der Waals surface area contributed by atoms with Gasteiger partial charge in [0.2, 0.25) is 0 Å². The first kappa shape index (κ1) is 11.4. The van der Waals surface area contributed by atoms with Crippen LogP contribution in [0.25, 0.3) is 0 Å². The van der Waals surface area contributed by atoms with Crippen LogP contribution in [0.3, 0.4) is 0 Å². The van der Waals surface area contributed by atoms with E-state index in [2.05, 4.69) is 15.9 Å². The predicted molar refractivity (Wildman–Crippen MR) is 60.6 cm³/mol. The fourth-order valence-electron chi connectivity index (χ4n) is 1.16. The second-order valence-electron chi connectivity index (χ2n) is 3.03. The summed E-state index contributed by atoms with van der Waals surface area (Å²) < 4.78 is 13.7. The molecule has 0 saturated heterocycles. The van der Waals surface area contributed by atoms with Crippen molar-refractivity contribution in [1.29, 1.82) is 0 Å². The molecule has 0 heterocycles. The van der Waals surface area contributed by atoms with Gasteiger partial charge in [-0.2, -0.15) is 0 Å². The second-order valence-corrected chi connectivity index (χ2v) is 3.95. The van der Waals surface area contributed by atoms with Gasteiger partial charge in [0.1, 0.15) is 5.82 Å². The van der Waals surface area contributed by atoms with Crippen molar-refractivity contribution in [3.8, 4) is 0 Å². The van der Waals surface area contributed by atoms with E-state index in [9.17, 15) is 4.39 Å². The van der Waals surface area contributed by atoms with Gasteiger partial charge in [-0.05, 0) is 43.1 Å². The predicted octanol–water partition coefficient (Wildman–Crippen LogP) is 3.04. The molecule has 0 radical (unpaired) electrons. The minimum absolute atomic E-state index is 0.207. The van der Waals surface area contributed by atoms with Crippen molar-refractivity contribution >= 4 is 15.9 Å². The third-order valence-electron chi connectivity index (χ3n) is 1.78. The number of rotatable bonds is 4. The maximum Gasteiger partial charge on any atom is 0.124 e. The fourth-order valence-corrected chi connectivity index (χ4v) is 1.68. The topological polar surface area (TPSA) is 26.0 Å². The van der Waals surface area contributed by atoms with Gasteiger partial charge in [0.15, 0.2) is 0 Å².